The quantitative estimate of drug-likeness (QED) is 0.897. The molecule has 0 radical (unpaired) electrons. The van der Waals surface area contributed by atoms with Crippen LogP contribution in [0.4, 0.5) is 0 Å². The van der Waals surface area contributed by atoms with Crippen molar-refractivity contribution in [2.24, 2.45) is 10.1 Å². The molecule has 0 spiro atoms. The lowest BCUT2D eigenvalue weighted by Gasteiger charge is -2.32. The Morgan fingerprint density at radius 1 is 1.31 bits per heavy atom. The van der Waals surface area contributed by atoms with Gasteiger partial charge in [-0.2, -0.15) is 0 Å². The van der Waals surface area contributed by atoms with Crippen LogP contribution in [0, 0.1) is 0 Å². The molecule has 7 heteroatoms. The average molecular weight is 366 g/mol. The normalized spacial score (nSPS) is 18.9. The molecule has 0 fully saturated rings. The van der Waals surface area contributed by atoms with Crippen LogP contribution in [-0.4, -0.2) is 28.0 Å². The fourth-order valence-corrected chi connectivity index (χ4v) is 3.52. The first-order chi connectivity index (χ1) is 12.8. The van der Waals surface area contributed by atoms with Crippen LogP contribution in [0.3, 0.4) is 0 Å². The molecule has 3 heterocycles. The van der Waals surface area contributed by atoms with E-state index in [1.165, 1.54) is 11.8 Å². The summed E-state index contributed by atoms with van der Waals surface area (Å²) in [4.78, 5) is 17.5. The van der Waals surface area contributed by atoms with Crippen LogP contribution >= 0.6 is 11.8 Å². The maximum absolute atomic E-state index is 12.8. The zero-order chi connectivity index (χ0) is 17.9. The lowest BCUT2D eigenvalue weighted by atomic mass is 10.1. The lowest BCUT2D eigenvalue weighted by Crippen LogP contribution is -2.52. The first-order valence-electron chi connectivity index (χ1n) is 8.47. The highest BCUT2D eigenvalue weighted by Crippen LogP contribution is 2.22. The number of nitrogens with zero attached hydrogens (tertiary/aromatic N) is 3. The second-order valence-electron chi connectivity index (χ2n) is 5.84. The van der Waals surface area contributed by atoms with Crippen molar-refractivity contribution in [2.75, 3.05) is 5.75 Å². The highest BCUT2D eigenvalue weighted by Gasteiger charge is 2.32. The number of rotatable bonds is 4. The molecular weight excluding hydrogens is 348 g/mol. The molecule has 1 aromatic heterocycles. The molecule has 0 aliphatic carbocycles. The molecule has 26 heavy (non-hydrogen) atoms. The molecule has 1 amide bonds. The zero-order valence-electron chi connectivity index (χ0n) is 14.3. The SMILES string of the molecule is CCCSC1=NN2C(=c3ccccc3=N[C@@H]2/C=C/c2ccco2)C(=O)N1. The van der Waals surface area contributed by atoms with Gasteiger partial charge in [0.15, 0.2) is 11.3 Å². The summed E-state index contributed by atoms with van der Waals surface area (Å²) in [6.45, 7) is 2.09. The number of hydrazone groups is 1. The van der Waals surface area contributed by atoms with Gasteiger partial charge in [0, 0.05) is 11.0 Å². The van der Waals surface area contributed by atoms with Crippen molar-refractivity contribution >= 4 is 34.6 Å². The third-order valence-corrected chi connectivity index (χ3v) is 5.03. The number of amidine groups is 1. The van der Waals surface area contributed by atoms with Crippen molar-refractivity contribution in [3.05, 3.63) is 65.1 Å². The van der Waals surface area contributed by atoms with Crippen LogP contribution in [0.15, 0.2) is 63.2 Å². The molecule has 1 N–H and O–H groups in total. The number of carbonyl (C=O) groups excluding carboxylic acids is 1. The summed E-state index contributed by atoms with van der Waals surface area (Å²) in [6, 6.07) is 11.3. The zero-order valence-corrected chi connectivity index (χ0v) is 15.1. The number of thioether (sulfide) groups is 1. The van der Waals surface area contributed by atoms with Gasteiger partial charge in [-0.3, -0.25) is 15.1 Å². The van der Waals surface area contributed by atoms with E-state index in [1.807, 2.05) is 48.6 Å². The summed E-state index contributed by atoms with van der Waals surface area (Å²) in [6.07, 6.45) is 5.95. The Kier molecular flexibility index (Phi) is 4.62. The Hall–Kier alpha value is -2.80. The van der Waals surface area contributed by atoms with Gasteiger partial charge in [-0.15, -0.1) is 5.10 Å². The van der Waals surface area contributed by atoms with Gasteiger partial charge in [-0.05, 0) is 36.8 Å². The number of hydrogen-bond acceptors (Lipinski definition) is 6. The van der Waals surface area contributed by atoms with Crippen molar-refractivity contribution in [2.45, 2.75) is 19.5 Å². The van der Waals surface area contributed by atoms with E-state index in [2.05, 4.69) is 17.3 Å². The van der Waals surface area contributed by atoms with Gasteiger partial charge < -0.3 is 4.42 Å². The molecule has 2 aliphatic heterocycles. The number of nitrogens with one attached hydrogen (secondary N) is 1. The summed E-state index contributed by atoms with van der Waals surface area (Å²) in [5.41, 5.74) is 0.519. The van der Waals surface area contributed by atoms with E-state index in [0.29, 0.717) is 10.9 Å². The molecule has 0 saturated heterocycles. The number of carbonyl (C=O) groups is 1. The first kappa shape index (κ1) is 16.7. The first-order valence-corrected chi connectivity index (χ1v) is 9.45. The lowest BCUT2D eigenvalue weighted by molar-refractivity contribution is -0.116. The van der Waals surface area contributed by atoms with Crippen LogP contribution in [0.1, 0.15) is 19.1 Å². The number of furan rings is 1. The third kappa shape index (κ3) is 3.17. The van der Waals surface area contributed by atoms with E-state index >= 15 is 0 Å². The molecular formula is C19H18N4O2S. The smallest absolute Gasteiger partial charge is 0.276 e. The Labute approximate surface area is 155 Å². The molecule has 2 aliphatic rings. The number of fused-ring (bicyclic) bond motifs is 2. The number of benzene rings is 1. The minimum absolute atomic E-state index is 0.155. The van der Waals surface area contributed by atoms with Crippen LogP contribution < -0.4 is 15.9 Å². The summed E-state index contributed by atoms with van der Waals surface area (Å²) in [5, 5.41) is 11.4. The fraction of sp³-hybridized carbons (Fsp3) is 0.211. The Balaban J connectivity index is 1.79. The second kappa shape index (κ2) is 7.21. The molecule has 6 nitrogen and oxygen atoms in total. The maximum Gasteiger partial charge on any atom is 0.276 e. The van der Waals surface area contributed by atoms with Crippen molar-refractivity contribution in [1.82, 2.24) is 10.3 Å². The van der Waals surface area contributed by atoms with E-state index in [9.17, 15) is 4.79 Å². The van der Waals surface area contributed by atoms with Crippen LogP contribution in [-0.2, 0) is 4.79 Å². The van der Waals surface area contributed by atoms with Gasteiger partial charge in [0.25, 0.3) is 5.91 Å². The van der Waals surface area contributed by atoms with Crippen LogP contribution in [0.5, 0.6) is 0 Å². The van der Waals surface area contributed by atoms with Crippen LogP contribution in [0.2, 0.25) is 0 Å². The van der Waals surface area contributed by atoms with Gasteiger partial charge in [0.1, 0.15) is 11.5 Å². The molecule has 132 valence electrons. The largest absolute Gasteiger partial charge is 0.465 e. The monoisotopic (exact) mass is 366 g/mol. The van der Waals surface area contributed by atoms with Crippen molar-refractivity contribution in [1.29, 1.82) is 0 Å². The number of hydrogen-bond donors (Lipinski definition) is 1. The van der Waals surface area contributed by atoms with E-state index < -0.39 is 6.17 Å². The summed E-state index contributed by atoms with van der Waals surface area (Å²) < 4.78 is 5.35. The molecule has 1 aromatic carbocycles. The Bertz CT molecular complexity index is 995. The minimum atomic E-state index is -0.409. The predicted molar refractivity (Wildman–Crippen MR) is 102 cm³/mol. The molecule has 0 saturated carbocycles. The van der Waals surface area contributed by atoms with Gasteiger partial charge in [0.2, 0.25) is 0 Å². The standard InChI is InChI=1S/C19H18N4O2S/c1-2-12-26-19-21-18(24)17-14-7-3-4-8-15(14)20-16(23(17)22-19)10-9-13-6-5-11-25-13/h3-11,16H,2,12H2,1H3,(H,21,22,24)/b10-9+/t16-/m0/s1. The Morgan fingerprint density at radius 3 is 3.00 bits per heavy atom. The second-order valence-corrected chi connectivity index (χ2v) is 6.92. The van der Waals surface area contributed by atoms with Crippen molar-refractivity contribution < 1.29 is 9.21 Å². The maximum atomic E-state index is 12.8. The van der Waals surface area contributed by atoms with Gasteiger partial charge in [-0.25, -0.2) is 5.01 Å². The van der Waals surface area contributed by atoms with Crippen molar-refractivity contribution in [3.63, 3.8) is 0 Å². The summed E-state index contributed by atoms with van der Waals surface area (Å²) >= 11 is 1.53. The van der Waals surface area contributed by atoms with Crippen molar-refractivity contribution in [3.8, 4) is 0 Å². The summed E-state index contributed by atoms with van der Waals surface area (Å²) in [7, 11) is 0. The topological polar surface area (TPSA) is 70.2 Å². The van der Waals surface area contributed by atoms with E-state index in [1.54, 1.807) is 11.3 Å². The van der Waals surface area contributed by atoms with Gasteiger partial charge in [-0.1, -0.05) is 36.9 Å². The number of para-hydroxylation sites is 1. The van der Waals surface area contributed by atoms with Gasteiger partial charge in [0.05, 0.1) is 11.6 Å². The predicted octanol–water partition coefficient (Wildman–Crippen LogP) is 1.91. The molecule has 4 rings (SSSR count). The summed E-state index contributed by atoms with van der Waals surface area (Å²) in [5.74, 6) is 1.46. The third-order valence-electron chi connectivity index (χ3n) is 3.96. The number of amides is 1. The minimum Gasteiger partial charge on any atom is -0.465 e. The molecule has 1 atom stereocenters. The van der Waals surface area contributed by atoms with E-state index in [-0.39, 0.29) is 5.91 Å². The average Bonchev–Trinajstić information content (AvgIpc) is 3.17. The molecule has 0 bridgehead atoms. The Morgan fingerprint density at radius 2 is 2.19 bits per heavy atom. The highest BCUT2D eigenvalue weighted by molar-refractivity contribution is 8.13. The molecule has 0 unspecified atom stereocenters. The molecule has 2 aromatic rings. The fourth-order valence-electron chi connectivity index (χ4n) is 2.81. The van der Waals surface area contributed by atoms with E-state index in [0.717, 1.165) is 28.5 Å². The van der Waals surface area contributed by atoms with Gasteiger partial charge >= 0.3 is 0 Å². The van der Waals surface area contributed by atoms with Crippen LogP contribution in [0.25, 0.3) is 11.8 Å². The highest BCUT2D eigenvalue weighted by atomic mass is 32.2. The van der Waals surface area contributed by atoms with E-state index in [4.69, 9.17) is 9.41 Å².